The Labute approximate surface area is 165 Å². The fraction of sp³-hybridized carbons (Fsp3) is 0.522. The van der Waals surface area contributed by atoms with E-state index in [9.17, 15) is 4.79 Å². The van der Waals surface area contributed by atoms with Gasteiger partial charge in [-0.2, -0.15) is 0 Å². The molecule has 2 aromatic rings. The quantitative estimate of drug-likeness (QED) is 0.805. The van der Waals surface area contributed by atoms with Gasteiger partial charge < -0.3 is 15.0 Å². The summed E-state index contributed by atoms with van der Waals surface area (Å²) >= 11 is 0. The largest absolute Gasteiger partial charge is 0.450 e. The zero-order valence-corrected chi connectivity index (χ0v) is 16.1. The minimum atomic E-state index is -0.308. The number of H-pyrrole nitrogens is 1. The highest BCUT2D eigenvalue weighted by atomic mass is 16.6. The fourth-order valence-corrected chi connectivity index (χ4v) is 6.26. The molecule has 1 aromatic carbocycles. The Bertz CT molecular complexity index is 931. The van der Waals surface area contributed by atoms with E-state index in [0.29, 0.717) is 18.1 Å². The summed E-state index contributed by atoms with van der Waals surface area (Å²) in [5.41, 5.74) is 3.42. The summed E-state index contributed by atoms with van der Waals surface area (Å²) in [6, 6.07) is 12.0. The Morgan fingerprint density at radius 2 is 2.21 bits per heavy atom. The maximum atomic E-state index is 12.1. The molecule has 1 aliphatic carbocycles. The second-order valence-electron chi connectivity index (χ2n) is 8.90. The Morgan fingerprint density at radius 3 is 3.14 bits per heavy atom. The predicted octanol–water partition coefficient (Wildman–Crippen LogP) is 2.92. The molecule has 146 valence electrons. The number of nitrogens with one attached hydrogen (secondary N) is 2. The lowest BCUT2D eigenvalue weighted by atomic mass is 9.75. The van der Waals surface area contributed by atoms with Crippen molar-refractivity contribution in [3.05, 3.63) is 47.7 Å². The van der Waals surface area contributed by atoms with E-state index in [1.54, 1.807) is 6.08 Å². The minimum absolute atomic E-state index is 0.125. The first-order valence-electron chi connectivity index (χ1n) is 10.7. The van der Waals surface area contributed by atoms with Crippen LogP contribution in [0.2, 0.25) is 0 Å². The van der Waals surface area contributed by atoms with Gasteiger partial charge in [0.25, 0.3) is 0 Å². The van der Waals surface area contributed by atoms with Gasteiger partial charge in [-0.3, -0.25) is 4.90 Å². The molecule has 4 atom stereocenters. The first-order chi connectivity index (χ1) is 13.7. The van der Waals surface area contributed by atoms with Crippen LogP contribution in [0.15, 0.2) is 42.0 Å². The number of benzene rings is 1. The molecule has 3 aliphatic heterocycles. The summed E-state index contributed by atoms with van der Waals surface area (Å²) in [7, 11) is 0. The number of nitrogens with zero attached hydrogens (tertiary/aromatic N) is 1. The van der Waals surface area contributed by atoms with Gasteiger partial charge in [0, 0.05) is 42.3 Å². The van der Waals surface area contributed by atoms with Crippen molar-refractivity contribution in [2.75, 3.05) is 13.1 Å². The number of piperidine rings is 1. The number of carbonyl (C=O) groups excluding carboxylic acids is 1. The van der Waals surface area contributed by atoms with Crippen molar-refractivity contribution < 1.29 is 9.53 Å². The van der Waals surface area contributed by atoms with Crippen LogP contribution in [-0.2, 0) is 16.0 Å². The summed E-state index contributed by atoms with van der Waals surface area (Å²) < 4.78 is 5.96. The molecule has 1 saturated carbocycles. The summed E-state index contributed by atoms with van der Waals surface area (Å²) in [5.74, 6) is -0.125. The monoisotopic (exact) mass is 377 g/mol. The molecule has 28 heavy (non-hydrogen) atoms. The maximum Gasteiger partial charge on any atom is 0.331 e. The number of carbonyl (C=O) groups is 1. The highest BCUT2D eigenvalue weighted by molar-refractivity contribution is 5.87. The number of ether oxygens (including phenoxy) is 1. The van der Waals surface area contributed by atoms with Gasteiger partial charge in [-0.05, 0) is 55.3 Å². The van der Waals surface area contributed by atoms with Crippen LogP contribution in [0.4, 0.5) is 0 Å². The number of esters is 1. The molecule has 2 N–H and O–H groups in total. The third-order valence-electron chi connectivity index (χ3n) is 7.43. The fourth-order valence-electron chi connectivity index (χ4n) is 6.26. The number of para-hydroxylation sites is 1. The number of fused-ring (bicyclic) bond motifs is 4. The first kappa shape index (κ1) is 16.8. The number of hydrogen-bond acceptors (Lipinski definition) is 4. The van der Waals surface area contributed by atoms with E-state index >= 15 is 0 Å². The zero-order valence-electron chi connectivity index (χ0n) is 16.1. The van der Waals surface area contributed by atoms with Crippen LogP contribution in [0.1, 0.15) is 37.8 Å². The van der Waals surface area contributed by atoms with Crippen LogP contribution in [-0.4, -0.2) is 52.7 Å². The zero-order chi connectivity index (χ0) is 18.7. The van der Waals surface area contributed by atoms with Crippen LogP contribution in [0.25, 0.3) is 10.9 Å². The normalized spacial score (nSPS) is 34.2. The Hall–Kier alpha value is -2.11. The minimum Gasteiger partial charge on any atom is -0.450 e. The molecule has 1 spiro atoms. The average molecular weight is 377 g/mol. The molecule has 0 amide bonds. The molecule has 0 radical (unpaired) electrons. The summed E-state index contributed by atoms with van der Waals surface area (Å²) in [6.07, 6.45) is 8.36. The van der Waals surface area contributed by atoms with Gasteiger partial charge >= 0.3 is 5.97 Å². The molecular weight excluding hydrogens is 350 g/mol. The van der Waals surface area contributed by atoms with E-state index in [2.05, 4.69) is 45.5 Å². The number of rotatable bonds is 4. The van der Waals surface area contributed by atoms with Gasteiger partial charge in [0.15, 0.2) is 5.60 Å². The average Bonchev–Trinajstić information content (AvgIpc) is 3.35. The van der Waals surface area contributed by atoms with Crippen LogP contribution >= 0.6 is 0 Å². The Balaban J connectivity index is 1.19. The summed E-state index contributed by atoms with van der Waals surface area (Å²) in [4.78, 5) is 18.3. The second kappa shape index (κ2) is 6.19. The molecule has 3 fully saturated rings. The molecule has 2 saturated heterocycles. The van der Waals surface area contributed by atoms with Crippen molar-refractivity contribution in [2.24, 2.45) is 0 Å². The highest BCUT2D eigenvalue weighted by Gasteiger charge is 2.63. The number of hydrogen-bond donors (Lipinski definition) is 2. The maximum absolute atomic E-state index is 12.1. The summed E-state index contributed by atoms with van der Waals surface area (Å²) in [6.45, 7) is 2.09. The van der Waals surface area contributed by atoms with Gasteiger partial charge in [0.1, 0.15) is 0 Å². The van der Waals surface area contributed by atoms with Crippen molar-refractivity contribution in [3.8, 4) is 0 Å². The van der Waals surface area contributed by atoms with E-state index in [1.807, 2.05) is 0 Å². The lowest BCUT2D eigenvalue weighted by molar-refractivity contribution is -0.148. The predicted molar refractivity (Wildman–Crippen MR) is 108 cm³/mol. The lowest BCUT2D eigenvalue weighted by Gasteiger charge is -2.38. The van der Waals surface area contributed by atoms with Crippen LogP contribution in [0.5, 0.6) is 0 Å². The standard InChI is InChI=1S/C23H27N3O2/c27-22-13-16-12-19(20-14-23(16,28-22)21-7-3-4-10-26(20)21)24-9-8-17-11-15-5-1-2-6-18(15)25-17/h1-2,5-6,11,13,19-21,24-25H,3-4,7-10,12,14H2. The Morgan fingerprint density at radius 1 is 1.29 bits per heavy atom. The molecule has 4 unspecified atom stereocenters. The molecule has 2 bridgehead atoms. The van der Waals surface area contributed by atoms with Crippen molar-refractivity contribution >= 4 is 16.9 Å². The van der Waals surface area contributed by atoms with Crippen LogP contribution in [0.3, 0.4) is 0 Å². The van der Waals surface area contributed by atoms with E-state index in [0.717, 1.165) is 38.8 Å². The SMILES string of the molecule is O=C1C=C2CC(NCCc3cc4ccccc4[nH]3)C3CC2(O1)C1CCCCN31. The number of aromatic nitrogens is 1. The van der Waals surface area contributed by atoms with Crippen molar-refractivity contribution in [2.45, 2.75) is 62.3 Å². The molecule has 5 nitrogen and oxygen atoms in total. The van der Waals surface area contributed by atoms with E-state index < -0.39 is 0 Å². The van der Waals surface area contributed by atoms with Crippen LogP contribution < -0.4 is 5.32 Å². The van der Waals surface area contributed by atoms with E-state index in [-0.39, 0.29) is 11.6 Å². The van der Waals surface area contributed by atoms with Crippen molar-refractivity contribution in [1.82, 2.24) is 15.2 Å². The molecule has 5 heteroatoms. The smallest absolute Gasteiger partial charge is 0.331 e. The van der Waals surface area contributed by atoms with Gasteiger partial charge in [-0.15, -0.1) is 0 Å². The van der Waals surface area contributed by atoms with Crippen molar-refractivity contribution in [3.63, 3.8) is 0 Å². The van der Waals surface area contributed by atoms with Gasteiger partial charge in [-0.25, -0.2) is 4.79 Å². The third kappa shape index (κ3) is 2.42. The lowest BCUT2D eigenvalue weighted by Crippen LogP contribution is -2.50. The van der Waals surface area contributed by atoms with Crippen molar-refractivity contribution in [1.29, 1.82) is 0 Å². The van der Waals surface area contributed by atoms with E-state index in [4.69, 9.17) is 4.74 Å². The highest BCUT2D eigenvalue weighted by Crippen LogP contribution is 2.53. The topological polar surface area (TPSA) is 57.4 Å². The molecular formula is C23H27N3O2. The molecule has 1 aromatic heterocycles. The third-order valence-corrected chi connectivity index (χ3v) is 7.43. The molecule has 4 heterocycles. The van der Waals surface area contributed by atoms with Gasteiger partial charge in [-0.1, -0.05) is 24.6 Å². The first-order valence-corrected chi connectivity index (χ1v) is 10.7. The molecule has 4 aliphatic rings. The Kier molecular flexibility index (Phi) is 3.72. The number of aromatic amines is 1. The van der Waals surface area contributed by atoms with E-state index in [1.165, 1.54) is 35.0 Å². The molecule has 6 rings (SSSR count). The summed E-state index contributed by atoms with van der Waals surface area (Å²) in [5, 5.41) is 5.11. The van der Waals surface area contributed by atoms with Gasteiger partial charge in [0.2, 0.25) is 0 Å². The second-order valence-corrected chi connectivity index (χ2v) is 8.90. The van der Waals surface area contributed by atoms with Gasteiger partial charge in [0.05, 0.1) is 6.04 Å². The van der Waals surface area contributed by atoms with Crippen LogP contribution in [0, 0.1) is 0 Å².